The van der Waals surface area contributed by atoms with Gasteiger partial charge < -0.3 is 20.3 Å². The molecule has 0 aromatic heterocycles. The molecule has 0 bridgehead atoms. The van der Waals surface area contributed by atoms with Crippen LogP contribution in [0.4, 0.5) is 0 Å². The maximum absolute atomic E-state index is 9.53. The van der Waals surface area contributed by atoms with Crippen molar-refractivity contribution in [1.82, 2.24) is 5.32 Å². The second kappa shape index (κ2) is 7.70. The standard InChI is InChI=1S/C14H23NO3.ClH/c1-14(2,3)15-8-13(18-4)10-5-6-12(17)11(7-10)9-16;/h5-7,13,15-17H,8-9H2,1-4H3;1H. The molecule has 4 nitrogen and oxygen atoms in total. The molecule has 0 amide bonds. The van der Waals surface area contributed by atoms with Crippen LogP contribution in [0.1, 0.15) is 38.0 Å². The Kier molecular flexibility index (Phi) is 7.37. The molecule has 0 heterocycles. The number of methoxy groups -OCH3 is 1. The Balaban J connectivity index is 0.00000324. The summed E-state index contributed by atoms with van der Waals surface area (Å²) in [7, 11) is 1.65. The summed E-state index contributed by atoms with van der Waals surface area (Å²) in [5, 5.41) is 22.0. The second-order valence-electron chi connectivity index (χ2n) is 5.40. The molecule has 5 heteroatoms. The molecule has 0 fully saturated rings. The Morgan fingerprint density at radius 1 is 1.32 bits per heavy atom. The fraction of sp³-hybridized carbons (Fsp3) is 0.571. The number of aliphatic hydroxyl groups excluding tert-OH is 1. The number of hydrogen-bond acceptors (Lipinski definition) is 4. The molecule has 0 saturated carbocycles. The van der Waals surface area contributed by atoms with Crippen LogP contribution in [0.5, 0.6) is 5.75 Å². The van der Waals surface area contributed by atoms with Gasteiger partial charge in [0.25, 0.3) is 0 Å². The molecule has 1 aromatic carbocycles. The van der Waals surface area contributed by atoms with Gasteiger partial charge in [0.1, 0.15) is 5.75 Å². The van der Waals surface area contributed by atoms with Gasteiger partial charge in [-0.15, -0.1) is 12.4 Å². The molecule has 0 radical (unpaired) electrons. The highest BCUT2D eigenvalue weighted by atomic mass is 35.5. The van der Waals surface area contributed by atoms with E-state index in [1.165, 1.54) is 0 Å². The summed E-state index contributed by atoms with van der Waals surface area (Å²) in [5.74, 6) is 0.111. The van der Waals surface area contributed by atoms with Crippen molar-refractivity contribution in [3.05, 3.63) is 29.3 Å². The number of aliphatic hydroxyl groups is 1. The molecule has 110 valence electrons. The van der Waals surface area contributed by atoms with Gasteiger partial charge in [0.15, 0.2) is 0 Å². The molecule has 1 aromatic rings. The highest BCUT2D eigenvalue weighted by molar-refractivity contribution is 5.85. The van der Waals surface area contributed by atoms with E-state index in [4.69, 9.17) is 9.84 Å². The van der Waals surface area contributed by atoms with Crippen LogP contribution in [0.15, 0.2) is 18.2 Å². The van der Waals surface area contributed by atoms with Gasteiger partial charge in [-0.3, -0.25) is 0 Å². The molecule has 0 saturated heterocycles. The Hall–Kier alpha value is -0.810. The first-order valence-corrected chi connectivity index (χ1v) is 6.08. The van der Waals surface area contributed by atoms with E-state index in [2.05, 4.69) is 26.1 Å². The second-order valence-corrected chi connectivity index (χ2v) is 5.40. The molecule has 1 atom stereocenters. The summed E-state index contributed by atoms with van der Waals surface area (Å²) in [5.41, 5.74) is 1.48. The van der Waals surface area contributed by atoms with Crippen LogP contribution in [-0.2, 0) is 11.3 Å². The van der Waals surface area contributed by atoms with E-state index in [1.54, 1.807) is 19.2 Å². The monoisotopic (exact) mass is 289 g/mol. The van der Waals surface area contributed by atoms with E-state index in [-0.39, 0.29) is 36.4 Å². The van der Waals surface area contributed by atoms with Gasteiger partial charge in [-0.1, -0.05) is 6.07 Å². The van der Waals surface area contributed by atoms with Gasteiger partial charge in [0.05, 0.1) is 12.7 Å². The third kappa shape index (κ3) is 5.78. The van der Waals surface area contributed by atoms with Crippen LogP contribution in [0.3, 0.4) is 0 Å². The van der Waals surface area contributed by atoms with Crippen LogP contribution < -0.4 is 5.32 Å². The molecule has 1 rings (SSSR count). The first-order valence-electron chi connectivity index (χ1n) is 6.08. The number of ether oxygens (including phenoxy) is 1. The highest BCUT2D eigenvalue weighted by Crippen LogP contribution is 2.24. The molecule has 19 heavy (non-hydrogen) atoms. The van der Waals surface area contributed by atoms with Gasteiger partial charge >= 0.3 is 0 Å². The van der Waals surface area contributed by atoms with Crippen LogP contribution in [-0.4, -0.2) is 29.4 Å². The molecule has 0 aliphatic carbocycles. The van der Waals surface area contributed by atoms with E-state index in [1.807, 2.05) is 6.07 Å². The van der Waals surface area contributed by atoms with Gasteiger partial charge in [0.2, 0.25) is 0 Å². The van der Waals surface area contributed by atoms with Crippen LogP contribution >= 0.6 is 12.4 Å². The number of rotatable bonds is 5. The first-order chi connectivity index (χ1) is 8.37. The van der Waals surface area contributed by atoms with Crippen LogP contribution in [0.2, 0.25) is 0 Å². The minimum atomic E-state index is -0.178. The van der Waals surface area contributed by atoms with E-state index in [9.17, 15) is 5.11 Å². The number of phenols is 1. The van der Waals surface area contributed by atoms with Crippen molar-refractivity contribution in [2.24, 2.45) is 0 Å². The fourth-order valence-corrected chi connectivity index (χ4v) is 1.67. The largest absolute Gasteiger partial charge is 0.508 e. The van der Waals surface area contributed by atoms with Gasteiger partial charge in [0, 0.05) is 24.8 Å². The normalized spacial score (nSPS) is 12.9. The van der Waals surface area contributed by atoms with E-state index in [0.29, 0.717) is 12.1 Å². The van der Waals surface area contributed by atoms with E-state index >= 15 is 0 Å². The topological polar surface area (TPSA) is 61.7 Å². The maximum Gasteiger partial charge on any atom is 0.121 e. The van der Waals surface area contributed by atoms with E-state index < -0.39 is 0 Å². The lowest BCUT2D eigenvalue weighted by molar-refractivity contribution is 0.0957. The van der Waals surface area contributed by atoms with E-state index in [0.717, 1.165) is 5.56 Å². The number of aromatic hydroxyl groups is 1. The van der Waals surface area contributed by atoms with Crippen molar-refractivity contribution in [2.45, 2.75) is 39.0 Å². The van der Waals surface area contributed by atoms with Gasteiger partial charge in [-0.25, -0.2) is 0 Å². The number of hydrogen-bond donors (Lipinski definition) is 3. The fourth-order valence-electron chi connectivity index (χ4n) is 1.67. The average Bonchev–Trinajstić information content (AvgIpc) is 2.30. The smallest absolute Gasteiger partial charge is 0.121 e. The summed E-state index contributed by atoms with van der Waals surface area (Å²) in [6.07, 6.45) is -0.102. The first kappa shape index (κ1) is 18.2. The average molecular weight is 290 g/mol. The molecular weight excluding hydrogens is 266 g/mol. The van der Waals surface area contributed by atoms with Crippen molar-refractivity contribution in [1.29, 1.82) is 0 Å². The number of halogens is 1. The van der Waals surface area contributed by atoms with Crippen molar-refractivity contribution in [2.75, 3.05) is 13.7 Å². The SMILES string of the molecule is COC(CNC(C)(C)C)c1ccc(O)c(CO)c1.Cl. The summed E-state index contributed by atoms with van der Waals surface area (Å²) in [6.45, 7) is 6.78. The Bertz CT molecular complexity index is 391. The zero-order valence-corrected chi connectivity index (χ0v) is 12.8. The zero-order valence-electron chi connectivity index (χ0n) is 11.9. The van der Waals surface area contributed by atoms with Gasteiger partial charge in [-0.05, 0) is 38.5 Å². The van der Waals surface area contributed by atoms with Crippen LogP contribution in [0.25, 0.3) is 0 Å². The molecular formula is C14H24ClNO3. The quantitative estimate of drug-likeness (QED) is 0.779. The number of benzene rings is 1. The predicted molar refractivity (Wildman–Crippen MR) is 78.8 cm³/mol. The predicted octanol–water partition coefficient (Wildman–Crippen LogP) is 2.38. The lowest BCUT2D eigenvalue weighted by Crippen LogP contribution is -2.38. The van der Waals surface area contributed by atoms with Crippen LogP contribution in [0, 0.1) is 0 Å². The Morgan fingerprint density at radius 3 is 2.42 bits per heavy atom. The molecule has 0 spiro atoms. The van der Waals surface area contributed by atoms with Gasteiger partial charge in [-0.2, -0.15) is 0 Å². The third-order valence-electron chi connectivity index (χ3n) is 2.75. The minimum Gasteiger partial charge on any atom is -0.508 e. The maximum atomic E-state index is 9.53. The lowest BCUT2D eigenvalue weighted by Gasteiger charge is -2.25. The van der Waals surface area contributed by atoms with Crippen molar-refractivity contribution in [3.63, 3.8) is 0 Å². The lowest BCUT2D eigenvalue weighted by atomic mass is 10.0. The highest BCUT2D eigenvalue weighted by Gasteiger charge is 2.16. The molecule has 1 unspecified atom stereocenters. The molecule has 0 aliphatic heterocycles. The summed E-state index contributed by atoms with van der Waals surface area (Å²) in [4.78, 5) is 0. The minimum absolute atomic E-state index is 0. The summed E-state index contributed by atoms with van der Waals surface area (Å²) < 4.78 is 5.45. The van der Waals surface area contributed by atoms with Crippen molar-refractivity contribution in [3.8, 4) is 5.75 Å². The zero-order chi connectivity index (χ0) is 13.8. The van der Waals surface area contributed by atoms with Crippen molar-refractivity contribution >= 4 is 12.4 Å². The number of nitrogens with one attached hydrogen (secondary N) is 1. The Morgan fingerprint density at radius 2 is 1.95 bits per heavy atom. The summed E-state index contributed by atoms with van der Waals surface area (Å²) >= 11 is 0. The summed E-state index contributed by atoms with van der Waals surface area (Å²) in [6, 6.07) is 5.17. The Labute approximate surface area is 121 Å². The van der Waals surface area contributed by atoms with Crippen molar-refractivity contribution < 1.29 is 14.9 Å². The third-order valence-corrected chi connectivity index (χ3v) is 2.75. The molecule has 3 N–H and O–H groups in total. The molecule has 0 aliphatic rings.